The van der Waals surface area contributed by atoms with E-state index in [4.69, 9.17) is 13.8 Å². The van der Waals surface area contributed by atoms with Crippen molar-refractivity contribution in [3.63, 3.8) is 0 Å². The molecular weight excluding hydrogens is 473 g/mol. The van der Waals surface area contributed by atoms with E-state index in [9.17, 15) is 9.69 Å². The molecule has 0 amide bonds. The van der Waals surface area contributed by atoms with Crippen LogP contribution in [0.2, 0.25) is 0 Å². The Kier molecular flexibility index (Phi) is 25.1. The second kappa shape index (κ2) is 25.2. The summed E-state index contributed by atoms with van der Waals surface area (Å²) in [6.07, 6.45) is 20.1. The maximum atomic E-state index is 12.2. The molecule has 0 aromatic heterocycles. The van der Waals surface area contributed by atoms with Crippen molar-refractivity contribution in [1.29, 1.82) is 0 Å². The van der Waals surface area contributed by atoms with Crippen LogP contribution in [0.3, 0.4) is 0 Å². The molecule has 0 fully saturated rings. The van der Waals surface area contributed by atoms with Gasteiger partial charge in [-0.25, -0.2) is 0 Å². The molecule has 0 aromatic carbocycles. The molecule has 0 saturated carbocycles. The number of Topliss-reactive ketones (excluding diaryl/α,β-unsaturated/α-hetero) is 1. The Morgan fingerprint density at radius 1 is 0.722 bits per heavy atom. The Morgan fingerprint density at radius 3 is 1.81 bits per heavy atom. The lowest BCUT2D eigenvalue weighted by Crippen LogP contribution is -2.35. The second-order valence-corrected chi connectivity index (χ2v) is 12.4. The maximum absolute atomic E-state index is 12.2. The summed E-state index contributed by atoms with van der Waals surface area (Å²) in [6.45, 7) is 7.27. The number of quaternary nitrogens is 1. The van der Waals surface area contributed by atoms with E-state index in [0.717, 1.165) is 36.9 Å². The van der Waals surface area contributed by atoms with Gasteiger partial charge in [0.25, 0.3) is 0 Å². The number of ketones is 1. The molecule has 216 valence electrons. The molecule has 0 aliphatic carbocycles. The first-order valence-electron chi connectivity index (χ1n) is 14.9. The highest BCUT2D eigenvalue weighted by Gasteiger charge is 2.18. The molecule has 0 saturated heterocycles. The lowest BCUT2D eigenvalue weighted by molar-refractivity contribution is -0.870. The third-order valence-electron chi connectivity index (χ3n) is 6.39. The van der Waals surface area contributed by atoms with Crippen molar-refractivity contribution in [2.45, 2.75) is 123 Å². The van der Waals surface area contributed by atoms with Crippen LogP contribution in [0.25, 0.3) is 0 Å². The topological polar surface area (TPSA) is 65.0 Å². The highest BCUT2D eigenvalue weighted by molar-refractivity contribution is 7.40. The zero-order valence-corrected chi connectivity index (χ0v) is 25.5. The van der Waals surface area contributed by atoms with E-state index in [0.29, 0.717) is 32.7 Å². The van der Waals surface area contributed by atoms with Gasteiger partial charge in [-0.15, -0.1) is 0 Å². The predicted molar refractivity (Wildman–Crippen MR) is 153 cm³/mol. The van der Waals surface area contributed by atoms with Gasteiger partial charge in [0, 0.05) is 31.8 Å². The van der Waals surface area contributed by atoms with Crippen LogP contribution in [0.4, 0.5) is 0 Å². The van der Waals surface area contributed by atoms with E-state index in [1.165, 1.54) is 77.0 Å². The standard InChI is InChI=1S/C29H61NO5P/c1-6-8-9-10-11-12-13-14-15-16-17-18-19-23-33-26-28(25-29(31)21-7-2)27-35-36(32)34-24-20-22-30(3,4)5/h28,32H,6-27H2,1-5H3/q+1. The molecule has 2 unspecified atom stereocenters. The quantitative estimate of drug-likeness (QED) is 0.0630. The number of hydrogen-bond acceptors (Lipinski definition) is 5. The minimum absolute atomic E-state index is 0.0296. The summed E-state index contributed by atoms with van der Waals surface area (Å²) in [7, 11) is 4.49. The largest absolute Gasteiger partial charge is 0.381 e. The second-order valence-electron chi connectivity index (χ2n) is 11.4. The fraction of sp³-hybridized carbons (Fsp3) is 0.966. The first kappa shape index (κ1) is 35.9. The van der Waals surface area contributed by atoms with Crippen LogP contribution in [-0.2, 0) is 18.6 Å². The molecular formula is C29H61NO5P+. The van der Waals surface area contributed by atoms with Crippen LogP contribution in [-0.4, -0.2) is 69.3 Å². The van der Waals surface area contributed by atoms with Crippen LogP contribution >= 0.6 is 8.60 Å². The summed E-state index contributed by atoms with van der Waals surface area (Å²) in [6, 6.07) is 0. The van der Waals surface area contributed by atoms with E-state index < -0.39 is 8.60 Å². The van der Waals surface area contributed by atoms with Crippen molar-refractivity contribution < 1.29 is 28.0 Å². The summed E-state index contributed by atoms with van der Waals surface area (Å²) in [5.41, 5.74) is 0. The van der Waals surface area contributed by atoms with Crippen molar-refractivity contribution in [1.82, 2.24) is 0 Å². The first-order valence-corrected chi connectivity index (χ1v) is 16.1. The Labute approximate surface area is 225 Å². The molecule has 0 bridgehead atoms. The SMILES string of the molecule is CCCCCCCCCCCCCCCOCC(COP(O)OCCC[N+](C)(C)C)CC(=O)CCC. The van der Waals surface area contributed by atoms with Crippen LogP contribution in [0, 0.1) is 5.92 Å². The smallest absolute Gasteiger partial charge is 0.329 e. The number of carbonyl (C=O) groups is 1. The normalized spacial score (nSPS) is 13.7. The summed E-state index contributed by atoms with van der Waals surface area (Å²) in [5.74, 6) is 0.208. The zero-order valence-electron chi connectivity index (χ0n) is 24.6. The number of nitrogens with zero attached hydrogens (tertiary/aromatic N) is 1. The van der Waals surface area contributed by atoms with Gasteiger partial charge in [-0.3, -0.25) is 4.79 Å². The van der Waals surface area contributed by atoms with Crippen LogP contribution in [0.15, 0.2) is 0 Å². The zero-order chi connectivity index (χ0) is 26.9. The minimum atomic E-state index is -1.91. The maximum Gasteiger partial charge on any atom is 0.329 e. The highest BCUT2D eigenvalue weighted by Crippen LogP contribution is 2.34. The van der Waals surface area contributed by atoms with Gasteiger partial charge in [-0.05, 0) is 12.8 Å². The summed E-state index contributed by atoms with van der Waals surface area (Å²) < 4.78 is 17.7. The molecule has 36 heavy (non-hydrogen) atoms. The Bertz CT molecular complexity index is 487. The summed E-state index contributed by atoms with van der Waals surface area (Å²) in [4.78, 5) is 22.2. The van der Waals surface area contributed by atoms with Crippen LogP contribution in [0.1, 0.15) is 123 Å². The van der Waals surface area contributed by atoms with Gasteiger partial charge in [-0.2, -0.15) is 0 Å². The van der Waals surface area contributed by atoms with E-state index in [2.05, 4.69) is 28.1 Å². The van der Waals surface area contributed by atoms with Gasteiger partial charge >= 0.3 is 8.60 Å². The molecule has 1 N–H and O–H groups in total. The van der Waals surface area contributed by atoms with Crippen LogP contribution in [0.5, 0.6) is 0 Å². The highest BCUT2D eigenvalue weighted by atomic mass is 31.2. The van der Waals surface area contributed by atoms with Gasteiger partial charge in [0.1, 0.15) is 5.78 Å². The monoisotopic (exact) mass is 534 g/mol. The number of hydrogen-bond donors (Lipinski definition) is 1. The van der Waals surface area contributed by atoms with E-state index in [-0.39, 0.29) is 11.7 Å². The van der Waals surface area contributed by atoms with Crippen molar-refractivity contribution in [2.24, 2.45) is 5.92 Å². The first-order chi connectivity index (χ1) is 17.3. The molecule has 0 radical (unpaired) electrons. The van der Waals surface area contributed by atoms with Gasteiger partial charge < -0.3 is 23.2 Å². The fourth-order valence-electron chi connectivity index (χ4n) is 4.23. The number of carbonyl (C=O) groups excluding carboxylic acids is 1. The molecule has 0 spiro atoms. The van der Waals surface area contributed by atoms with Crippen molar-refractivity contribution in [3.8, 4) is 0 Å². The van der Waals surface area contributed by atoms with Crippen molar-refractivity contribution >= 4 is 14.4 Å². The lowest BCUT2D eigenvalue weighted by atomic mass is 10.0. The van der Waals surface area contributed by atoms with Gasteiger partial charge in [0.15, 0.2) is 0 Å². The molecule has 2 atom stereocenters. The molecule has 6 nitrogen and oxygen atoms in total. The van der Waals surface area contributed by atoms with E-state index in [1.807, 2.05) is 6.92 Å². The van der Waals surface area contributed by atoms with Crippen LogP contribution < -0.4 is 0 Å². The lowest BCUT2D eigenvalue weighted by Gasteiger charge is -2.24. The van der Waals surface area contributed by atoms with Gasteiger partial charge in [0.2, 0.25) is 0 Å². The third-order valence-corrected chi connectivity index (χ3v) is 7.16. The Hall–Kier alpha value is -0.100. The minimum Gasteiger partial charge on any atom is -0.381 e. The Balaban J connectivity index is 3.86. The number of unbranched alkanes of at least 4 members (excludes halogenated alkanes) is 12. The fourth-order valence-corrected chi connectivity index (χ4v) is 4.93. The summed E-state index contributed by atoms with van der Waals surface area (Å²) in [5, 5.41) is 0. The van der Waals surface area contributed by atoms with Gasteiger partial charge in [-0.1, -0.05) is 90.9 Å². The third kappa shape index (κ3) is 26.9. The molecule has 0 aliphatic rings. The summed E-state index contributed by atoms with van der Waals surface area (Å²) >= 11 is 0. The predicted octanol–water partition coefficient (Wildman–Crippen LogP) is 7.82. The average molecular weight is 535 g/mol. The van der Waals surface area contributed by atoms with Gasteiger partial charge in [0.05, 0.1) is 47.5 Å². The van der Waals surface area contributed by atoms with Crippen molar-refractivity contribution in [3.05, 3.63) is 0 Å². The Morgan fingerprint density at radius 2 is 1.28 bits per heavy atom. The number of rotatable bonds is 28. The van der Waals surface area contributed by atoms with E-state index in [1.54, 1.807) is 0 Å². The van der Waals surface area contributed by atoms with E-state index >= 15 is 0 Å². The molecule has 0 heterocycles. The molecule has 0 rings (SSSR count). The molecule has 7 heteroatoms. The molecule has 0 aromatic rings. The molecule has 0 aliphatic heterocycles. The van der Waals surface area contributed by atoms with Crippen molar-refractivity contribution in [2.75, 3.05) is 54.1 Å². The number of ether oxygens (including phenoxy) is 1. The average Bonchev–Trinajstić information content (AvgIpc) is 2.82.